The summed E-state index contributed by atoms with van der Waals surface area (Å²) in [6.07, 6.45) is 0.344. The number of hydrogen-bond donors (Lipinski definition) is 2. The molecule has 0 saturated heterocycles. The summed E-state index contributed by atoms with van der Waals surface area (Å²) >= 11 is 6.03. The minimum absolute atomic E-state index is 0.0883. The highest BCUT2D eigenvalue weighted by atomic mass is 35.5. The molecule has 2 rings (SSSR count). The van der Waals surface area contributed by atoms with Gasteiger partial charge >= 0.3 is 0 Å². The molecule has 1 amide bonds. The van der Waals surface area contributed by atoms with Crippen molar-refractivity contribution in [3.63, 3.8) is 0 Å². The molecule has 0 unspecified atom stereocenters. The first-order valence-corrected chi connectivity index (χ1v) is 8.10. The molecule has 0 spiro atoms. The van der Waals surface area contributed by atoms with Crippen LogP contribution in [-0.2, 0) is 4.79 Å². The van der Waals surface area contributed by atoms with E-state index in [9.17, 15) is 4.79 Å². The van der Waals surface area contributed by atoms with Gasteiger partial charge in [-0.25, -0.2) is 0 Å². The Labute approximate surface area is 146 Å². The number of benzene rings is 2. The minimum Gasteiger partial charge on any atom is -0.495 e. The van der Waals surface area contributed by atoms with Gasteiger partial charge in [-0.2, -0.15) is 0 Å². The van der Waals surface area contributed by atoms with Crippen molar-refractivity contribution in [1.29, 1.82) is 0 Å². The first-order chi connectivity index (χ1) is 11.6. The van der Waals surface area contributed by atoms with E-state index >= 15 is 0 Å². The second kappa shape index (κ2) is 9.03. The lowest BCUT2D eigenvalue weighted by atomic mass is 10.2. The van der Waals surface area contributed by atoms with Gasteiger partial charge in [0.25, 0.3) is 0 Å². The Morgan fingerprint density at radius 2 is 1.83 bits per heavy atom. The largest absolute Gasteiger partial charge is 0.495 e. The second-order valence-electron chi connectivity index (χ2n) is 5.03. The third-order valence-electron chi connectivity index (χ3n) is 3.28. The molecule has 0 aromatic heterocycles. The maximum atomic E-state index is 12.0. The molecule has 0 aliphatic heterocycles. The average Bonchev–Trinajstić information content (AvgIpc) is 2.57. The molecule has 0 radical (unpaired) electrons. The standard InChI is InChI=1S/C18H21ClN2O3/c1-3-24-15-7-4-13(5-8-15)20-11-10-18(22)21-14-6-9-17(23-2)16(19)12-14/h4-9,12,20H,3,10-11H2,1-2H3,(H,21,22). The van der Waals surface area contributed by atoms with Crippen LogP contribution >= 0.6 is 11.6 Å². The number of hydrogen-bond acceptors (Lipinski definition) is 4. The van der Waals surface area contributed by atoms with Gasteiger partial charge in [0.15, 0.2) is 0 Å². The van der Waals surface area contributed by atoms with Crippen LogP contribution in [0.1, 0.15) is 13.3 Å². The van der Waals surface area contributed by atoms with E-state index in [0.29, 0.717) is 36.0 Å². The normalized spacial score (nSPS) is 10.1. The molecule has 0 fully saturated rings. The molecular formula is C18H21ClN2O3. The molecule has 0 aliphatic rings. The summed E-state index contributed by atoms with van der Waals surface area (Å²) < 4.78 is 10.5. The van der Waals surface area contributed by atoms with Crippen LogP contribution in [0.3, 0.4) is 0 Å². The highest BCUT2D eigenvalue weighted by Gasteiger charge is 2.06. The van der Waals surface area contributed by atoms with E-state index in [-0.39, 0.29) is 5.91 Å². The second-order valence-corrected chi connectivity index (χ2v) is 5.44. The zero-order valence-corrected chi connectivity index (χ0v) is 14.5. The van der Waals surface area contributed by atoms with Gasteiger partial charge in [-0.1, -0.05) is 11.6 Å². The molecular weight excluding hydrogens is 328 g/mol. The van der Waals surface area contributed by atoms with Gasteiger partial charge in [-0.05, 0) is 49.4 Å². The van der Waals surface area contributed by atoms with E-state index in [1.807, 2.05) is 31.2 Å². The first kappa shape index (κ1) is 17.9. The van der Waals surface area contributed by atoms with E-state index in [4.69, 9.17) is 21.1 Å². The van der Waals surface area contributed by atoms with E-state index in [2.05, 4.69) is 10.6 Å². The number of carbonyl (C=O) groups is 1. The number of amides is 1. The number of carbonyl (C=O) groups excluding carboxylic acids is 1. The highest BCUT2D eigenvalue weighted by Crippen LogP contribution is 2.27. The lowest BCUT2D eigenvalue weighted by molar-refractivity contribution is -0.115. The Morgan fingerprint density at radius 3 is 2.46 bits per heavy atom. The summed E-state index contributed by atoms with van der Waals surface area (Å²) in [6.45, 7) is 3.12. The van der Waals surface area contributed by atoms with Gasteiger partial charge in [0.05, 0.1) is 18.7 Å². The predicted octanol–water partition coefficient (Wildman–Crippen LogP) is 4.19. The molecule has 0 atom stereocenters. The molecule has 0 heterocycles. The molecule has 5 nitrogen and oxygen atoms in total. The third kappa shape index (κ3) is 5.35. The van der Waals surface area contributed by atoms with Gasteiger partial charge in [-0.15, -0.1) is 0 Å². The summed E-state index contributed by atoms with van der Waals surface area (Å²) in [5, 5.41) is 6.47. The molecule has 24 heavy (non-hydrogen) atoms. The van der Waals surface area contributed by atoms with Crippen molar-refractivity contribution >= 4 is 28.9 Å². The van der Waals surface area contributed by atoms with Crippen LogP contribution in [0.15, 0.2) is 42.5 Å². The Kier molecular flexibility index (Phi) is 6.75. The molecule has 0 aliphatic carbocycles. The molecule has 0 bridgehead atoms. The fourth-order valence-electron chi connectivity index (χ4n) is 2.12. The van der Waals surface area contributed by atoms with Gasteiger partial charge in [0.1, 0.15) is 11.5 Å². The SMILES string of the molecule is CCOc1ccc(NCCC(=O)Nc2ccc(OC)c(Cl)c2)cc1. The van der Waals surface area contributed by atoms with E-state index in [1.165, 1.54) is 0 Å². The highest BCUT2D eigenvalue weighted by molar-refractivity contribution is 6.32. The van der Waals surface area contributed by atoms with Crippen LogP contribution in [-0.4, -0.2) is 26.2 Å². The monoisotopic (exact) mass is 348 g/mol. The molecule has 128 valence electrons. The number of nitrogens with one attached hydrogen (secondary N) is 2. The summed E-state index contributed by atoms with van der Waals surface area (Å²) in [6, 6.07) is 12.8. The van der Waals surface area contributed by atoms with E-state index in [1.54, 1.807) is 25.3 Å². The Balaban J connectivity index is 1.77. The summed E-state index contributed by atoms with van der Waals surface area (Å²) in [5.74, 6) is 1.32. The summed E-state index contributed by atoms with van der Waals surface area (Å²) in [5.41, 5.74) is 1.59. The molecule has 2 aromatic rings. The van der Waals surface area contributed by atoms with E-state index in [0.717, 1.165) is 11.4 Å². The summed E-state index contributed by atoms with van der Waals surface area (Å²) in [7, 11) is 1.55. The van der Waals surface area contributed by atoms with Crippen LogP contribution in [0.4, 0.5) is 11.4 Å². The van der Waals surface area contributed by atoms with E-state index < -0.39 is 0 Å². The van der Waals surface area contributed by atoms with Crippen LogP contribution in [0.2, 0.25) is 5.02 Å². The molecule has 2 N–H and O–H groups in total. The fourth-order valence-corrected chi connectivity index (χ4v) is 2.38. The number of halogens is 1. The average molecular weight is 349 g/mol. The minimum atomic E-state index is -0.0883. The number of rotatable bonds is 8. The van der Waals surface area contributed by atoms with Gasteiger partial charge < -0.3 is 20.1 Å². The summed E-state index contributed by atoms with van der Waals surface area (Å²) in [4.78, 5) is 12.0. The number of ether oxygens (including phenoxy) is 2. The Bertz CT molecular complexity index is 674. The third-order valence-corrected chi connectivity index (χ3v) is 3.58. The van der Waals surface area contributed by atoms with Gasteiger partial charge in [0.2, 0.25) is 5.91 Å². The molecule has 0 saturated carbocycles. The van der Waals surface area contributed by atoms with Crippen LogP contribution < -0.4 is 20.1 Å². The Hall–Kier alpha value is -2.40. The lowest BCUT2D eigenvalue weighted by Gasteiger charge is -2.10. The maximum absolute atomic E-state index is 12.0. The van der Waals surface area contributed by atoms with Crippen LogP contribution in [0.25, 0.3) is 0 Å². The topological polar surface area (TPSA) is 59.6 Å². The van der Waals surface area contributed by atoms with Gasteiger partial charge in [0, 0.05) is 24.3 Å². The number of anilines is 2. The van der Waals surface area contributed by atoms with Crippen molar-refractivity contribution in [1.82, 2.24) is 0 Å². The first-order valence-electron chi connectivity index (χ1n) is 7.72. The quantitative estimate of drug-likeness (QED) is 0.751. The smallest absolute Gasteiger partial charge is 0.226 e. The van der Waals surface area contributed by atoms with Crippen molar-refractivity contribution in [2.75, 3.05) is 30.9 Å². The van der Waals surface area contributed by atoms with Crippen molar-refractivity contribution in [3.05, 3.63) is 47.5 Å². The van der Waals surface area contributed by atoms with Crippen molar-refractivity contribution in [2.24, 2.45) is 0 Å². The number of methoxy groups -OCH3 is 1. The zero-order valence-electron chi connectivity index (χ0n) is 13.8. The van der Waals surface area contributed by atoms with Crippen LogP contribution in [0, 0.1) is 0 Å². The zero-order chi connectivity index (χ0) is 17.4. The van der Waals surface area contributed by atoms with Crippen molar-refractivity contribution in [3.8, 4) is 11.5 Å². The maximum Gasteiger partial charge on any atom is 0.226 e. The molecule has 2 aromatic carbocycles. The Morgan fingerprint density at radius 1 is 1.12 bits per heavy atom. The lowest BCUT2D eigenvalue weighted by Crippen LogP contribution is -2.16. The molecule has 6 heteroatoms. The van der Waals surface area contributed by atoms with Gasteiger partial charge in [-0.3, -0.25) is 4.79 Å². The van der Waals surface area contributed by atoms with Crippen LogP contribution in [0.5, 0.6) is 11.5 Å². The predicted molar refractivity (Wildman–Crippen MR) is 97.4 cm³/mol. The van der Waals surface area contributed by atoms with Crippen molar-refractivity contribution < 1.29 is 14.3 Å². The van der Waals surface area contributed by atoms with Crippen molar-refractivity contribution in [2.45, 2.75) is 13.3 Å². The fraction of sp³-hybridized carbons (Fsp3) is 0.278.